The van der Waals surface area contributed by atoms with Crippen LogP contribution in [0.5, 0.6) is 11.5 Å². The summed E-state index contributed by atoms with van der Waals surface area (Å²) < 4.78 is 19.2. The fraction of sp³-hybridized carbons (Fsp3) is 0.571. The van der Waals surface area contributed by atoms with E-state index in [1.165, 1.54) is 13.5 Å². The quantitative estimate of drug-likeness (QED) is 0.870. The molecule has 0 atom stereocenters. The number of rotatable bonds is 3. The first-order valence-electron chi connectivity index (χ1n) is 6.40. The second kappa shape index (κ2) is 5.14. The molecule has 0 aromatic heterocycles. The van der Waals surface area contributed by atoms with Crippen LogP contribution in [0.15, 0.2) is 12.1 Å². The number of aromatic hydroxyl groups is 1. The maximum Gasteiger partial charge on any atom is 0.194 e. The molecule has 1 aromatic rings. The number of ether oxygens (including phenoxy) is 1. The van der Waals surface area contributed by atoms with E-state index in [0.717, 1.165) is 25.7 Å². The van der Waals surface area contributed by atoms with Crippen LogP contribution in [0.4, 0.5) is 4.39 Å². The lowest BCUT2D eigenvalue weighted by Crippen LogP contribution is -2.38. The number of benzene rings is 1. The molecule has 0 bridgehead atoms. The van der Waals surface area contributed by atoms with Gasteiger partial charge in [0.1, 0.15) is 0 Å². The number of halogens is 1. The molecule has 1 aliphatic rings. The van der Waals surface area contributed by atoms with Gasteiger partial charge in [-0.2, -0.15) is 0 Å². The summed E-state index contributed by atoms with van der Waals surface area (Å²) in [5.74, 6) is -0.825. The van der Waals surface area contributed by atoms with Crippen LogP contribution in [0.2, 0.25) is 0 Å². The van der Waals surface area contributed by atoms with Crippen LogP contribution in [0.3, 0.4) is 0 Å². The molecule has 3 nitrogen and oxygen atoms in total. The van der Waals surface area contributed by atoms with Gasteiger partial charge < -0.3 is 15.6 Å². The Labute approximate surface area is 107 Å². The van der Waals surface area contributed by atoms with Crippen LogP contribution in [0.1, 0.15) is 37.7 Å². The first-order chi connectivity index (χ1) is 8.64. The lowest BCUT2D eigenvalue weighted by atomic mass is 9.69. The molecule has 2 rings (SSSR count). The van der Waals surface area contributed by atoms with E-state index >= 15 is 0 Å². The molecule has 4 heteroatoms. The van der Waals surface area contributed by atoms with Crippen molar-refractivity contribution < 1.29 is 14.2 Å². The zero-order valence-corrected chi connectivity index (χ0v) is 10.7. The van der Waals surface area contributed by atoms with E-state index in [2.05, 4.69) is 0 Å². The van der Waals surface area contributed by atoms with Gasteiger partial charge in [-0.1, -0.05) is 25.3 Å². The van der Waals surface area contributed by atoms with Gasteiger partial charge in [0.25, 0.3) is 0 Å². The standard InChI is InChI=1S/C14H20FNO2/c1-18-11-6-5-10(12(15)13(11)17)14(9-16)7-3-2-4-8-14/h5-6,17H,2-4,7-9,16H2,1H3. The molecule has 0 spiro atoms. The summed E-state index contributed by atoms with van der Waals surface area (Å²) in [5, 5.41) is 9.78. The second-order valence-electron chi connectivity index (χ2n) is 5.02. The van der Waals surface area contributed by atoms with E-state index in [1.807, 2.05) is 0 Å². The van der Waals surface area contributed by atoms with Crippen molar-refractivity contribution in [2.24, 2.45) is 5.73 Å². The van der Waals surface area contributed by atoms with E-state index in [9.17, 15) is 9.50 Å². The van der Waals surface area contributed by atoms with Crippen molar-refractivity contribution in [2.45, 2.75) is 37.5 Å². The normalized spacial score (nSPS) is 18.6. The lowest BCUT2D eigenvalue weighted by molar-refractivity contribution is 0.284. The van der Waals surface area contributed by atoms with Crippen LogP contribution in [-0.4, -0.2) is 18.8 Å². The largest absolute Gasteiger partial charge is 0.502 e. The molecule has 0 heterocycles. The van der Waals surface area contributed by atoms with E-state index in [0.29, 0.717) is 12.1 Å². The van der Waals surface area contributed by atoms with Gasteiger partial charge >= 0.3 is 0 Å². The van der Waals surface area contributed by atoms with Crippen molar-refractivity contribution in [1.29, 1.82) is 0 Å². The highest BCUT2D eigenvalue weighted by molar-refractivity contribution is 5.46. The summed E-state index contributed by atoms with van der Waals surface area (Å²) in [4.78, 5) is 0. The first-order valence-corrected chi connectivity index (χ1v) is 6.40. The minimum Gasteiger partial charge on any atom is -0.502 e. The summed E-state index contributed by atoms with van der Waals surface area (Å²) >= 11 is 0. The highest BCUT2D eigenvalue weighted by atomic mass is 19.1. The zero-order chi connectivity index (χ0) is 13.2. The van der Waals surface area contributed by atoms with Crippen LogP contribution >= 0.6 is 0 Å². The zero-order valence-electron chi connectivity index (χ0n) is 10.7. The van der Waals surface area contributed by atoms with E-state index in [-0.39, 0.29) is 11.2 Å². The molecule has 1 aliphatic carbocycles. The van der Waals surface area contributed by atoms with Gasteiger partial charge in [-0.15, -0.1) is 0 Å². The maximum absolute atomic E-state index is 14.3. The van der Waals surface area contributed by atoms with E-state index in [4.69, 9.17) is 10.5 Å². The molecule has 0 unspecified atom stereocenters. The summed E-state index contributed by atoms with van der Waals surface area (Å²) in [6.07, 6.45) is 5.05. The SMILES string of the molecule is COc1ccc(C2(CN)CCCCC2)c(F)c1O. The number of nitrogens with two attached hydrogens (primary N) is 1. The highest BCUT2D eigenvalue weighted by Gasteiger charge is 2.36. The van der Waals surface area contributed by atoms with Crippen molar-refractivity contribution >= 4 is 0 Å². The molecular weight excluding hydrogens is 233 g/mol. The van der Waals surface area contributed by atoms with Gasteiger partial charge in [0.2, 0.25) is 0 Å². The Balaban J connectivity index is 2.46. The first kappa shape index (κ1) is 13.1. The smallest absolute Gasteiger partial charge is 0.194 e. The topological polar surface area (TPSA) is 55.5 Å². The average molecular weight is 253 g/mol. The van der Waals surface area contributed by atoms with Gasteiger partial charge in [0.15, 0.2) is 17.3 Å². The van der Waals surface area contributed by atoms with Crippen molar-refractivity contribution in [1.82, 2.24) is 0 Å². The Bertz CT molecular complexity index is 428. The molecule has 100 valence electrons. The number of hydrogen-bond acceptors (Lipinski definition) is 3. The second-order valence-corrected chi connectivity index (χ2v) is 5.02. The van der Waals surface area contributed by atoms with Crippen LogP contribution in [0, 0.1) is 5.82 Å². The van der Waals surface area contributed by atoms with Gasteiger partial charge in [0, 0.05) is 12.0 Å². The predicted octanol–water partition coefficient (Wildman–Crippen LogP) is 2.70. The molecule has 1 fully saturated rings. The summed E-state index contributed by atoms with van der Waals surface area (Å²) in [5.41, 5.74) is 6.08. The number of methoxy groups -OCH3 is 1. The van der Waals surface area contributed by atoms with Gasteiger partial charge in [0.05, 0.1) is 7.11 Å². The Hall–Kier alpha value is -1.29. The number of phenols is 1. The maximum atomic E-state index is 14.3. The van der Waals surface area contributed by atoms with Gasteiger partial charge in [-0.25, -0.2) is 4.39 Å². The Morgan fingerprint density at radius 3 is 2.56 bits per heavy atom. The summed E-state index contributed by atoms with van der Waals surface area (Å²) in [7, 11) is 1.41. The fourth-order valence-corrected chi connectivity index (χ4v) is 2.93. The molecule has 3 N–H and O–H groups in total. The Morgan fingerprint density at radius 1 is 1.33 bits per heavy atom. The Morgan fingerprint density at radius 2 is 2.00 bits per heavy atom. The molecular formula is C14H20FNO2. The summed E-state index contributed by atoms with van der Waals surface area (Å²) in [6.45, 7) is 0.412. The van der Waals surface area contributed by atoms with Crippen molar-refractivity contribution in [3.8, 4) is 11.5 Å². The minimum atomic E-state index is -0.582. The monoisotopic (exact) mass is 253 g/mol. The molecule has 0 radical (unpaired) electrons. The minimum absolute atomic E-state index is 0.166. The van der Waals surface area contributed by atoms with Crippen molar-refractivity contribution in [3.63, 3.8) is 0 Å². The van der Waals surface area contributed by atoms with E-state index in [1.54, 1.807) is 12.1 Å². The molecule has 0 aliphatic heterocycles. The lowest BCUT2D eigenvalue weighted by Gasteiger charge is -2.37. The average Bonchev–Trinajstić information content (AvgIpc) is 2.42. The van der Waals surface area contributed by atoms with Crippen molar-refractivity contribution in [3.05, 3.63) is 23.5 Å². The molecule has 1 aromatic carbocycles. The molecule has 18 heavy (non-hydrogen) atoms. The Kier molecular flexibility index (Phi) is 3.76. The third-order valence-corrected chi connectivity index (χ3v) is 4.07. The number of hydrogen-bond donors (Lipinski definition) is 2. The van der Waals surface area contributed by atoms with Crippen LogP contribution in [-0.2, 0) is 5.41 Å². The number of phenolic OH excluding ortho intramolecular Hbond substituents is 1. The van der Waals surface area contributed by atoms with Crippen molar-refractivity contribution in [2.75, 3.05) is 13.7 Å². The predicted molar refractivity (Wildman–Crippen MR) is 68.4 cm³/mol. The molecule has 1 saturated carbocycles. The van der Waals surface area contributed by atoms with Crippen LogP contribution < -0.4 is 10.5 Å². The van der Waals surface area contributed by atoms with Gasteiger partial charge in [-0.05, 0) is 24.5 Å². The van der Waals surface area contributed by atoms with Crippen LogP contribution in [0.25, 0.3) is 0 Å². The molecule has 0 saturated heterocycles. The highest BCUT2D eigenvalue weighted by Crippen LogP contribution is 2.43. The fourth-order valence-electron chi connectivity index (χ4n) is 2.93. The summed E-state index contributed by atoms with van der Waals surface area (Å²) in [6, 6.07) is 3.31. The van der Waals surface area contributed by atoms with Gasteiger partial charge in [-0.3, -0.25) is 0 Å². The van der Waals surface area contributed by atoms with E-state index < -0.39 is 11.6 Å². The third kappa shape index (κ3) is 2.05. The third-order valence-electron chi connectivity index (χ3n) is 4.07. The molecule has 0 amide bonds.